The lowest BCUT2D eigenvalue weighted by Gasteiger charge is -2.26. The van der Waals surface area contributed by atoms with Gasteiger partial charge in [-0.25, -0.2) is 64.8 Å². The van der Waals surface area contributed by atoms with Crippen LogP contribution >= 0.6 is 0 Å². The Hall–Kier alpha value is -15.9. The lowest BCUT2D eigenvalue weighted by Crippen LogP contribution is -2.16. The minimum atomic E-state index is -0.0292. The molecule has 15 nitrogen and oxygen atoms in total. The average Bonchev–Trinajstić information content (AvgIpc) is 0.776. The zero-order valence-electron chi connectivity index (χ0n) is 83.8. The van der Waals surface area contributed by atoms with Gasteiger partial charge in [-0.2, -0.15) is 0 Å². The van der Waals surface area contributed by atoms with Gasteiger partial charge in [0.15, 0.2) is 64.1 Å². The average molecular weight is 1830 g/mol. The highest BCUT2D eigenvalue weighted by molar-refractivity contribution is 5.84. The minimum absolute atomic E-state index is 0.0115. The van der Waals surface area contributed by atoms with Crippen LogP contribution < -0.4 is 0 Å². The summed E-state index contributed by atoms with van der Waals surface area (Å²) in [6.07, 6.45) is 7.25. The number of nitrogens with zero attached hydrogens (tertiary/aromatic N) is 15. The summed E-state index contributed by atoms with van der Waals surface area (Å²) < 4.78 is 0. The van der Waals surface area contributed by atoms with Crippen LogP contribution in [0.25, 0.3) is 181 Å². The number of hydrogen-bond acceptors (Lipinski definition) is 15. The maximum absolute atomic E-state index is 5.08. The highest BCUT2D eigenvalue weighted by Gasteiger charge is 2.29. The van der Waals surface area contributed by atoms with Crippen molar-refractivity contribution in [3.63, 3.8) is 0 Å². The second-order valence-corrected chi connectivity index (χ2v) is 42.1. The van der Waals surface area contributed by atoms with Crippen LogP contribution in [0.1, 0.15) is 169 Å². The summed E-state index contributed by atoms with van der Waals surface area (Å²) in [5.41, 5.74) is 29.7. The van der Waals surface area contributed by atoms with Crippen LogP contribution in [0.3, 0.4) is 0 Å². The van der Waals surface area contributed by atoms with E-state index in [0.717, 1.165) is 128 Å². The fourth-order valence-corrected chi connectivity index (χ4v) is 16.5. The van der Waals surface area contributed by atoms with Gasteiger partial charge in [-0.15, -0.1) is 0 Å². The molecule has 694 valence electrons. The Balaban J connectivity index is 0.000000145. The Morgan fingerprint density at radius 1 is 0.143 bits per heavy atom. The Bertz CT molecular complexity index is 7320. The molecule has 0 N–H and O–H groups in total. The van der Waals surface area contributed by atoms with E-state index in [4.69, 9.17) is 64.8 Å². The third-order valence-electron chi connectivity index (χ3n) is 24.7. The summed E-state index contributed by atoms with van der Waals surface area (Å²) in [5.74, 6) is 6.89. The molecule has 0 saturated carbocycles. The molecule has 0 radical (unpaired) electrons. The van der Waals surface area contributed by atoms with Crippen LogP contribution in [0.4, 0.5) is 0 Å². The first-order chi connectivity index (χ1) is 66.9. The van der Waals surface area contributed by atoms with Crippen molar-refractivity contribution in [2.45, 2.75) is 171 Å². The molecule has 0 amide bonds. The van der Waals surface area contributed by atoms with Gasteiger partial charge in [0, 0.05) is 96.1 Å². The summed E-state index contributed by atoms with van der Waals surface area (Å²) in [5, 5.41) is 0. The zero-order chi connectivity index (χ0) is 98.4. The summed E-state index contributed by atoms with van der Waals surface area (Å²) in [6.45, 7) is 44.8. The standard InChI is InChI=1S/C45H41N5.C41H41N5.C39H37N5/c1-44(2,3)37-25-34(26-38(27-37)45(4,5)6)33-22-35(40-29-46-39(28-47-40)30-16-10-7-11-17-30)24-36(23-33)43-49-41(31-18-12-8-13-19-31)48-42(50-43)32-20-14-9-15-21-32;1-26-19-27(2)43-38(42-26)32-20-30(31-23-34(40(3,4)5)25-35(24-31)41(6,7)8)21-33(22-32)39-45-36(28-15-11-9-12-16-28)44-37(46-39)29-17-13-10-14-18-29;1-38(2,3)32-23-29(24-33(25-32)39(4,5)6)28-20-30(34-40-18-13-19-41-34)22-31(21-28)37-43-35(26-14-9-7-10-15-26)42-36(44-37)27-16-11-8-12-17-27/h7-29H,1-6H3;9-25H,1-8H3;7-25H,1-6H3. The monoisotopic (exact) mass is 1830 g/mol. The molecule has 0 fully saturated rings. The summed E-state index contributed by atoms with van der Waals surface area (Å²) in [4.78, 5) is 73.7. The number of rotatable bonds is 16. The Morgan fingerprint density at radius 3 is 0.550 bits per heavy atom. The molecule has 15 heteroatoms. The van der Waals surface area contributed by atoms with Crippen molar-refractivity contribution in [2.24, 2.45) is 0 Å². The highest BCUT2D eigenvalue weighted by Crippen LogP contribution is 2.44. The quantitative estimate of drug-likeness (QED) is 0.0886. The summed E-state index contributed by atoms with van der Waals surface area (Å²) in [6, 6.07) is 115. The van der Waals surface area contributed by atoms with E-state index in [1.807, 2.05) is 251 Å². The van der Waals surface area contributed by atoms with Gasteiger partial charge in [0.2, 0.25) is 0 Å². The van der Waals surface area contributed by atoms with E-state index in [9.17, 15) is 0 Å². The molecule has 0 bridgehead atoms. The topological polar surface area (TPSA) is 193 Å². The lowest BCUT2D eigenvalue weighted by molar-refractivity contribution is 0.568. The second kappa shape index (κ2) is 40.1. The van der Waals surface area contributed by atoms with Gasteiger partial charge in [0.05, 0.1) is 23.8 Å². The van der Waals surface area contributed by atoms with Crippen molar-refractivity contribution in [1.82, 2.24) is 74.8 Å². The molecular formula is C125H119N15. The SMILES string of the molecule is CC(C)(C)c1cc(-c2cc(-c3cnc(-c4ccccc4)cn3)cc(-c3nc(-c4ccccc4)nc(-c4ccccc4)n3)c2)cc(C(C)(C)C)c1.CC(C)(C)c1cc(-c2cc(-c3ncccn3)cc(-c3nc(-c4ccccc4)nc(-c4ccccc4)n3)c2)cc(C(C)(C)C)c1.Cc1cc(C)nc(-c2cc(-c3cc(C(C)(C)C)cc(C(C)(C)C)c3)cc(-c3nc(-c4ccccc4)nc(-c4ccccc4)n3)c2)n1. The Morgan fingerprint density at radius 2 is 0.321 bits per heavy atom. The molecule has 140 heavy (non-hydrogen) atoms. The van der Waals surface area contributed by atoms with E-state index in [1.165, 1.54) is 33.4 Å². The lowest BCUT2D eigenvalue weighted by atomic mass is 9.78. The summed E-state index contributed by atoms with van der Waals surface area (Å²) >= 11 is 0. The molecule has 6 heterocycles. The maximum Gasteiger partial charge on any atom is 0.164 e. The van der Waals surface area contributed by atoms with Crippen molar-refractivity contribution in [2.75, 3.05) is 0 Å². The Kier molecular flexibility index (Phi) is 27.4. The predicted molar refractivity (Wildman–Crippen MR) is 575 cm³/mol. The van der Waals surface area contributed by atoms with E-state index in [2.05, 4.69) is 244 Å². The van der Waals surface area contributed by atoms with E-state index in [1.54, 1.807) is 12.4 Å². The van der Waals surface area contributed by atoms with Gasteiger partial charge >= 0.3 is 0 Å². The molecule has 0 unspecified atom stereocenters. The van der Waals surface area contributed by atoms with Crippen LogP contribution in [-0.4, -0.2) is 74.8 Å². The zero-order valence-corrected chi connectivity index (χ0v) is 83.8. The number of aromatic nitrogens is 15. The predicted octanol–water partition coefficient (Wildman–Crippen LogP) is 31.1. The van der Waals surface area contributed by atoms with Gasteiger partial charge in [-0.05, 0) is 180 Å². The van der Waals surface area contributed by atoms with E-state index >= 15 is 0 Å². The van der Waals surface area contributed by atoms with Gasteiger partial charge < -0.3 is 0 Å². The van der Waals surface area contributed by atoms with E-state index < -0.39 is 0 Å². The van der Waals surface area contributed by atoms with Crippen LogP contribution in [0.2, 0.25) is 0 Å². The largest absolute Gasteiger partial charge is 0.252 e. The normalized spacial score (nSPS) is 11.9. The fraction of sp³-hybridized carbons (Fsp3) is 0.208. The third kappa shape index (κ3) is 23.2. The number of benzene rings is 13. The maximum atomic E-state index is 5.08. The van der Waals surface area contributed by atoms with Crippen molar-refractivity contribution in [1.29, 1.82) is 0 Å². The fourth-order valence-electron chi connectivity index (χ4n) is 16.5. The van der Waals surface area contributed by atoms with Crippen molar-refractivity contribution >= 4 is 0 Å². The molecule has 19 rings (SSSR count). The molecule has 0 spiro atoms. The van der Waals surface area contributed by atoms with Crippen molar-refractivity contribution in [3.05, 3.63) is 403 Å². The Labute approximate surface area is 824 Å². The second-order valence-electron chi connectivity index (χ2n) is 42.1. The molecule has 0 aliphatic rings. The van der Waals surface area contributed by atoms with Crippen LogP contribution in [0, 0.1) is 13.8 Å². The van der Waals surface area contributed by atoms with E-state index in [-0.39, 0.29) is 32.5 Å². The van der Waals surface area contributed by atoms with Crippen molar-refractivity contribution in [3.8, 4) is 181 Å². The molecule has 6 aromatic heterocycles. The molecule has 0 aliphatic carbocycles. The highest BCUT2D eigenvalue weighted by atomic mass is 15.1. The molecule has 0 aliphatic heterocycles. The van der Waals surface area contributed by atoms with Crippen LogP contribution in [0.15, 0.2) is 358 Å². The number of hydrogen-bond donors (Lipinski definition) is 0. The number of aryl methyl sites for hydroxylation is 2. The molecule has 0 atom stereocenters. The third-order valence-corrected chi connectivity index (χ3v) is 24.7. The van der Waals surface area contributed by atoms with Crippen molar-refractivity contribution < 1.29 is 0 Å². The van der Waals surface area contributed by atoms with Crippen LogP contribution in [0.5, 0.6) is 0 Å². The molecule has 13 aromatic carbocycles. The van der Waals surface area contributed by atoms with Gasteiger partial charge in [0.1, 0.15) is 0 Å². The minimum Gasteiger partial charge on any atom is -0.252 e. The van der Waals surface area contributed by atoms with E-state index in [0.29, 0.717) is 64.1 Å². The smallest absolute Gasteiger partial charge is 0.164 e. The van der Waals surface area contributed by atoms with Gasteiger partial charge in [-0.3, -0.25) is 9.97 Å². The first-order valence-corrected chi connectivity index (χ1v) is 47.9. The summed E-state index contributed by atoms with van der Waals surface area (Å²) in [7, 11) is 0. The van der Waals surface area contributed by atoms with Crippen LogP contribution in [-0.2, 0) is 32.5 Å². The molecule has 0 saturated heterocycles. The molecular weight excluding hydrogens is 1710 g/mol. The first-order valence-electron chi connectivity index (χ1n) is 47.9. The van der Waals surface area contributed by atoms with Gasteiger partial charge in [-0.1, -0.05) is 392 Å². The molecule has 19 aromatic rings. The first kappa shape index (κ1) is 95.8. The van der Waals surface area contributed by atoms with Gasteiger partial charge in [0.25, 0.3) is 0 Å².